The second-order valence-corrected chi connectivity index (χ2v) is 4.80. The molecule has 3 heteroatoms. The van der Waals surface area contributed by atoms with Crippen molar-refractivity contribution in [3.05, 3.63) is 0 Å². The van der Waals surface area contributed by atoms with E-state index in [2.05, 4.69) is 31.1 Å². The van der Waals surface area contributed by atoms with Crippen LogP contribution in [0.5, 0.6) is 0 Å². The zero-order chi connectivity index (χ0) is 10.6. The fraction of sp³-hybridized carbons (Fsp3) is 1.00. The van der Waals surface area contributed by atoms with E-state index in [1.165, 1.54) is 19.4 Å². The zero-order valence-electron chi connectivity index (χ0n) is 9.66. The van der Waals surface area contributed by atoms with Crippen LogP contribution in [0.4, 0.5) is 0 Å². The molecule has 2 unspecified atom stereocenters. The van der Waals surface area contributed by atoms with Gasteiger partial charge in [0.25, 0.3) is 0 Å². The third kappa shape index (κ3) is 3.56. The number of aliphatic hydroxyl groups is 1. The SMILES string of the molecule is CC(C)C(CO)NC1CCCN(C)C1. The van der Waals surface area contributed by atoms with E-state index in [0.29, 0.717) is 12.0 Å². The number of hydrogen-bond donors (Lipinski definition) is 2. The highest BCUT2D eigenvalue weighted by atomic mass is 16.3. The molecule has 2 atom stereocenters. The maximum Gasteiger partial charge on any atom is 0.0587 e. The van der Waals surface area contributed by atoms with Gasteiger partial charge in [-0.1, -0.05) is 13.8 Å². The van der Waals surface area contributed by atoms with Gasteiger partial charge < -0.3 is 15.3 Å². The Bertz CT molecular complexity index is 161. The third-order valence-electron chi connectivity index (χ3n) is 3.08. The molecule has 0 amide bonds. The van der Waals surface area contributed by atoms with Crippen LogP contribution in [0.2, 0.25) is 0 Å². The molecule has 0 aromatic heterocycles. The number of hydrogen-bond acceptors (Lipinski definition) is 3. The van der Waals surface area contributed by atoms with Crippen LogP contribution in [0.1, 0.15) is 26.7 Å². The molecule has 1 aliphatic heterocycles. The third-order valence-corrected chi connectivity index (χ3v) is 3.08. The maximum atomic E-state index is 9.22. The molecule has 0 aromatic rings. The highest BCUT2D eigenvalue weighted by Gasteiger charge is 2.21. The summed E-state index contributed by atoms with van der Waals surface area (Å²) in [5.74, 6) is 0.507. The van der Waals surface area contributed by atoms with E-state index in [-0.39, 0.29) is 12.6 Å². The van der Waals surface area contributed by atoms with Gasteiger partial charge in [-0.05, 0) is 32.4 Å². The van der Waals surface area contributed by atoms with Gasteiger partial charge in [-0.15, -0.1) is 0 Å². The summed E-state index contributed by atoms with van der Waals surface area (Å²) in [6.07, 6.45) is 2.51. The Morgan fingerprint density at radius 2 is 2.21 bits per heavy atom. The minimum absolute atomic E-state index is 0.248. The first-order valence-corrected chi connectivity index (χ1v) is 5.69. The summed E-state index contributed by atoms with van der Waals surface area (Å²) >= 11 is 0. The van der Waals surface area contributed by atoms with Gasteiger partial charge in [-0.2, -0.15) is 0 Å². The van der Waals surface area contributed by atoms with Crippen molar-refractivity contribution in [3.8, 4) is 0 Å². The average Bonchev–Trinajstić information content (AvgIpc) is 2.14. The van der Waals surface area contributed by atoms with Gasteiger partial charge in [0.2, 0.25) is 0 Å². The van der Waals surface area contributed by atoms with Crippen LogP contribution in [0, 0.1) is 5.92 Å². The zero-order valence-corrected chi connectivity index (χ0v) is 9.66. The normalized spacial score (nSPS) is 26.8. The summed E-state index contributed by atoms with van der Waals surface area (Å²) in [7, 11) is 2.16. The van der Waals surface area contributed by atoms with Crippen molar-refractivity contribution in [2.75, 3.05) is 26.7 Å². The Kier molecular flexibility index (Phi) is 4.85. The van der Waals surface area contributed by atoms with Crippen molar-refractivity contribution in [1.82, 2.24) is 10.2 Å². The Morgan fingerprint density at radius 3 is 2.71 bits per heavy atom. The first kappa shape index (κ1) is 12.0. The van der Waals surface area contributed by atoms with E-state index in [9.17, 15) is 5.11 Å². The van der Waals surface area contributed by atoms with Crippen molar-refractivity contribution in [3.63, 3.8) is 0 Å². The van der Waals surface area contributed by atoms with Gasteiger partial charge in [-0.3, -0.25) is 0 Å². The molecule has 2 N–H and O–H groups in total. The molecule has 1 saturated heterocycles. The molecule has 0 aliphatic carbocycles. The van der Waals surface area contributed by atoms with E-state index >= 15 is 0 Å². The Hall–Kier alpha value is -0.120. The van der Waals surface area contributed by atoms with Gasteiger partial charge in [0, 0.05) is 18.6 Å². The summed E-state index contributed by atoms with van der Waals surface area (Å²) < 4.78 is 0. The smallest absolute Gasteiger partial charge is 0.0587 e. The summed E-state index contributed by atoms with van der Waals surface area (Å²) in [6.45, 7) is 6.88. The van der Waals surface area contributed by atoms with Crippen LogP contribution in [-0.2, 0) is 0 Å². The largest absolute Gasteiger partial charge is 0.395 e. The Labute approximate surface area is 87.5 Å². The monoisotopic (exact) mass is 200 g/mol. The molecular formula is C11H24N2O. The maximum absolute atomic E-state index is 9.22. The number of nitrogens with zero attached hydrogens (tertiary/aromatic N) is 1. The second kappa shape index (κ2) is 5.69. The van der Waals surface area contributed by atoms with E-state index in [4.69, 9.17) is 0 Å². The summed E-state index contributed by atoms with van der Waals surface area (Å²) in [5, 5.41) is 12.8. The van der Waals surface area contributed by atoms with E-state index in [1.54, 1.807) is 0 Å². The van der Waals surface area contributed by atoms with Crippen molar-refractivity contribution >= 4 is 0 Å². The molecule has 1 fully saturated rings. The fourth-order valence-electron chi connectivity index (χ4n) is 2.06. The number of nitrogens with one attached hydrogen (secondary N) is 1. The van der Waals surface area contributed by atoms with Gasteiger partial charge in [0.15, 0.2) is 0 Å². The van der Waals surface area contributed by atoms with Crippen molar-refractivity contribution in [1.29, 1.82) is 0 Å². The topological polar surface area (TPSA) is 35.5 Å². The molecule has 1 aliphatic rings. The molecule has 0 bridgehead atoms. The van der Waals surface area contributed by atoms with Crippen LogP contribution in [0.25, 0.3) is 0 Å². The minimum Gasteiger partial charge on any atom is -0.395 e. The van der Waals surface area contributed by atoms with Crippen molar-refractivity contribution < 1.29 is 5.11 Å². The molecule has 84 valence electrons. The Morgan fingerprint density at radius 1 is 1.50 bits per heavy atom. The summed E-state index contributed by atoms with van der Waals surface area (Å²) in [6, 6.07) is 0.819. The van der Waals surface area contributed by atoms with Crippen molar-refractivity contribution in [2.24, 2.45) is 5.92 Å². The average molecular weight is 200 g/mol. The number of likely N-dealkylation sites (tertiary alicyclic amines) is 1. The Balaban J connectivity index is 2.33. The fourth-order valence-corrected chi connectivity index (χ4v) is 2.06. The number of rotatable bonds is 4. The first-order chi connectivity index (χ1) is 6.63. The first-order valence-electron chi connectivity index (χ1n) is 5.69. The molecule has 0 aromatic carbocycles. The van der Waals surface area contributed by atoms with E-state index in [0.717, 1.165) is 6.54 Å². The highest BCUT2D eigenvalue weighted by Crippen LogP contribution is 2.10. The lowest BCUT2D eigenvalue weighted by Gasteiger charge is -2.34. The summed E-state index contributed by atoms with van der Waals surface area (Å²) in [4.78, 5) is 2.36. The van der Waals surface area contributed by atoms with E-state index in [1.807, 2.05) is 0 Å². The molecule has 14 heavy (non-hydrogen) atoms. The molecular weight excluding hydrogens is 176 g/mol. The summed E-state index contributed by atoms with van der Waals surface area (Å²) in [5.41, 5.74) is 0. The predicted molar refractivity (Wildman–Crippen MR) is 59.4 cm³/mol. The van der Waals surface area contributed by atoms with Gasteiger partial charge in [-0.25, -0.2) is 0 Å². The predicted octanol–water partition coefficient (Wildman–Crippen LogP) is 0.687. The van der Waals surface area contributed by atoms with Crippen LogP contribution in [0.15, 0.2) is 0 Å². The van der Waals surface area contributed by atoms with Crippen molar-refractivity contribution in [2.45, 2.75) is 38.8 Å². The van der Waals surface area contributed by atoms with Crippen LogP contribution >= 0.6 is 0 Å². The molecule has 1 heterocycles. The lowest BCUT2D eigenvalue weighted by atomic mass is 10.0. The second-order valence-electron chi connectivity index (χ2n) is 4.80. The minimum atomic E-state index is 0.248. The van der Waals surface area contributed by atoms with Crippen LogP contribution < -0.4 is 5.32 Å². The van der Waals surface area contributed by atoms with Gasteiger partial charge in [0.05, 0.1) is 6.61 Å². The number of piperidine rings is 1. The van der Waals surface area contributed by atoms with Crippen LogP contribution in [-0.4, -0.2) is 48.8 Å². The molecule has 3 nitrogen and oxygen atoms in total. The number of likely N-dealkylation sites (N-methyl/N-ethyl adjacent to an activating group) is 1. The van der Waals surface area contributed by atoms with Gasteiger partial charge in [0.1, 0.15) is 0 Å². The van der Waals surface area contributed by atoms with Gasteiger partial charge >= 0.3 is 0 Å². The highest BCUT2D eigenvalue weighted by molar-refractivity contribution is 4.81. The quantitative estimate of drug-likeness (QED) is 0.701. The molecule has 0 spiro atoms. The molecule has 1 rings (SSSR count). The molecule has 0 saturated carbocycles. The number of aliphatic hydroxyl groups excluding tert-OH is 1. The van der Waals surface area contributed by atoms with E-state index < -0.39 is 0 Å². The standard InChI is InChI=1S/C11H24N2O/c1-9(2)11(8-14)12-10-5-4-6-13(3)7-10/h9-12,14H,4-8H2,1-3H3. The van der Waals surface area contributed by atoms with Crippen LogP contribution in [0.3, 0.4) is 0 Å². The molecule has 0 radical (unpaired) electrons. The lowest BCUT2D eigenvalue weighted by molar-refractivity contribution is 0.163. The lowest BCUT2D eigenvalue weighted by Crippen LogP contribution is -2.50.